The summed E-state index contributed by atoms with van der Waals surface area (Å²) in [6, 6.07) is 8.66. The number of nitrogens with two attached hydrogens (primary N) is 1. The molecule has 0 aromatic heterocycles. The van der Waals surface area contributed by atoms with Gasteiger partial charge in [-0.05, 0) is 36.3 Å². The lowest BCUT2D eigenvalue weighted by Gasteiger charge is -2.24. The highest BCUT2D eigenvalue weighted by Crippen LogP contribution is 2.33. The Morgan fingerprint density at radius 3 is 3.00 bits per heavy atom. The van der Waals surface area contributed by atoms with Crippen LogP contribution in [0.25, 0.3) is 0 Å². The highest BCUT2D eigenvalue weighted by atomic mass is 32.1. The van der Waals surface area contributed by atoms with Gasteiger partial charge in [-0.3, -0.25) is 0 Å². The first-order valence-electron chi connectivity index (χ1n) is 5.13. The third kappa shape index (κ3) is 1.95. The predicted molar refractivity (Wildman–Crippen MR) is 63.5 cm³/mol. The lowest BCUT2D eigenvalue weighted by atomic mass is 9.81. The number of thiocarbonyl (C=S) groups is 1. The van der Waals surface area contributed by atoms with Gasteiger partial charge in [0.25, 0.3) is 0 Å². The Balaban J connectivity index is 2.26. The molecule has 0 heterocycles. The molecule has 1 aliphatic carbocycles. The minimum atomic E-state index is 0.567. The quantitative estimate of drug-likeness (QED) is 0.751. The van der Waals surface area contributed by atoms with Crippen molar-refractivity contribution in [3.05, 3.63) is 35.4 Å². The van der Waals surface area contributed by atoms with Crippen LogP contribution in [0.2, 0.25) is 0 Å². The molecule has 0 aliphatic heterocycles. The highest BCUT2D eigenvalue weighted by molar-refractivity contribution is 7.80. The fraction of sp³-hybridized carbons (Fsp3) is 0.417. The van der Waals surface area contributed by atoms with Gasteiger partial charge in [-0.15, -0.1) is 0 Å². The van der Waals surface area contributed by atoms with Crippen LogP contribution in [0.4, 0.5) is 0 Å². The maximum absolute atomic E-state index is 5.61. The molecule has 0 radical (unpaired) electrons. The van der Waals surface area contributed by atoms with E-state index in [1.165, 1.54) is 30.4 Å². The summed E-state index contributed by atoms with van der Waals surface area (Å²) < 4.78 is 0. The molecule has 0 bridgehead atoms. The number of hydrogen-bond donors (Lipinski definition) is 1. The molecule has 1 atom stereocenters. The molecule has 1 aromatic rings. The third-order valence-corrected chi connectivity index (χ3v) is 3.11. The van der Waals surface area contributed by atoms with Crippen molar-refractivity contribution < 1.29 is 0 Å². The molecule has 2 N–H and O–H groups in total. The van der Waals surface area contributed by atoms with Gasteiger partial charge in [0, 0.05) is 6.42 Å². The molecule has 0 saturated heterocycles. The molecule has 14 heavy (non-hydrogen) atoms. The van der Waals surface area contributed by atoms with Crippen LogP contribution in [0.5, 0.6) is 0 Å². The van der Waals surface area contributed by atoms with Crippen LogP contribution in [-0.4, -0.2) is 4.99 Å². The first-order chi connectivity index (χ1) is 6.77. The first kappa shape index (κ1) is 9.66. The molecule has 0 fully saturated rings. The summed E-state index contributed by atoms with van der Waals surface area (Å²) >= 11 is 4.98. The summed E-state index contributed by atoms with van der Waals surface area (Å²) in [5.74, 6) is 0.567. The van der Waals surface area contributed by atoms with Crippen LogP contribution in [-0.2, 0) is 6.42 Å². The van der Waals surface area contributed by atoms with Gasteiger partial charge < -0.3 is 5.73 Å². The monoisotopic (exact) mass is 205 g/mol. The van der Waals surface area contributed by atoms with E-state index in [-0.39, 0.29) is 0 Å². The molecule has 0 spiro atoms. The summed E-state index contributed by atoms with van der Waals surface area (Å²) in [7, 11) is 0. The van der Waals surface area contributed by atoms with Crippen molar-refractivity contribution in [1.29, 1.82) is 0 Å². The second-order valence-corrected chi connectivity index (χ2v) is 4.48. The summed E-state index contributed by atoms with van der Waals surface area (Å²) in [5, 5.41) is 0. The Hall–Kier alpha value is -0.890. The van der Waals surface area contributed by atoms with Crippen molar-refractivity contribution in [3.63, 3.8) is 0 Å². The van der Waals surface area contributed by atoms with E-state index in [1.807, 2.05) is 0 Å². The van der Waals surface area contributed by atoms with Crippen molar-refractivity contribution in [3.8, 4) is 0 Å². The van der Waals surface area contributed by atoms with Gasteiger partial charge in [0.2, 0.25) is 0 Å². The van der Waals surface area contributed by atoms with E-state index in [1.54, 1.807) is 0 Å². The maximum atomic E-state index is 5.61. The molecular formula is C12H15NS. The van der Waals surface area contributed by atoms with Crippen LogP contribution in [0.15, 0.2) is 24.3 Å². The van der Waals surface area contributed by atoms with E-state index in [0.717, 1.165) is 6.42 Å². The van der Waals surface area contributed by atoms with Crippen LogP contribution in [0.1, 0.15) is 36.3 Å². The summed E-state index contributed by atoms with van der Waals surface area (Å²) in [5.41, 5.74) is 8.56. The zero-order chi connectivity index (χ0) is 9.97. The number of rotatable bonds is 2. The number of fused-ring (bicyclic) bond motifs is 1. The van der Waals surface area contributed by atoms with Gasteiger partial charge >= 0.3 is 0 Å². The fourth-order valence-corrected chi connectivity index (χ4v) is 2.51. The van der Waals surface area contributed by atoms with E-state index in [4.69, 9.17) is 18.0 Å². The van der Waals surface area contributed by atoms with Crippen molar-refractivity contribution in [2.75, 3.05) is 0 Å². The molecule has 1 unspecified atom stereocenters. The highest BCUT2D eigenvalue weighted by Gasteiger charge is 2.19. The SMILES string of the molecule is NC(=S)CC1CCCc2ccccc21. The zero-order valence-corrected chi connectivity index (χ0v) is 9.02. The van der Waals surface area contributed by atoms with E-state index in [9.17, 15) is 0 Å². The van der Waals surface area contributed by atoms with Gasteiger partial charge in [0.1, 0.15) is 0 Å². The van der Waals surface area contributed by atoms with Gasteiger partial charge in [-0.25, -0.2) is 0 Å². The molecule has 0 saturated carbocycles. The average Bonchev–Trinajstić information content (AvgIpc) is 2.18. The molecule has 0 amide bonds. The first-order valence-corrected chi connectivity index (χ1v) is 5.54. The summed E-state index contributed by atoms with van der Waals surface area (Å²) in [6.07, 6.45) is 4.58. The van der Waals surface area contributed by atoms with Gasteiger partial charge in [-0.2, -0.15) is 0 Å². The molecule has 74 valence electrons. The normalized spacial score (nSPS) is 20.1. The van der Waals surface area contributed by atoms with E-state index in [0.29, 0.717) is 10.9 Å². The molecular weight excluding hydrogens is 190 g/mol. The Kier molecular flexibility index (Phi) is 2.82. The lowest BCUT2D eigenvalue weighted by molar-refractivity contribution is 0.568. The van der Waals surface area contributed by atoms with E-state index in [2.05, 4.69) is 24.3 Å². The number of benzene rings is 1. The van der Waals surface area contributed by atoms with Crippen LogP contribution >= 0.6 is 12.2 Å². The Bertz CT molecular complexity index is 346. The van der Waals surface area contributed by atoms with Crippen LogP contribution in [0, 0.1) is 0 Å². The lowest BCUT2D eigenvalue weighted by Crippen LogP contribution is -2.17. The van der Waals surface area contributed by atoms with Gasteiger partial charge in [0.15, 0.2) is 0 Å². The fourth-order valence-electron chi connectivity index (χ4n) is 2.31. The maximum Gasteiger partial charge on any atom is 0.0733 e. The van der Waals surface area contributed by atoms with Crippen LogP contribution in [0.3, 0.4) is 0 Å². The molecule has 1 aromatic carbocycles. The topological polar surface area (TPSA) is 26.0 Å². The summed E-state index contributed by atoms with van der Waals surface area (Å²) in [4.78, 5) is 0.645. The second-order valence-electron chi connectivity index (χ2n) is 3.96. The van der Waals surface area contributed by atoms with Crippen molar-refractivity contribution in [1.82, 2.24) is 0 Å². The summed E-state index contributed by atoms with van der Waals surface area (Å²) in [6.45, 7) is 0. The molecule has 1 nitrogen and oxygen atoms in total. The minimum absolute atomic E-state index is 0.567. The van der Waals surface area contributed by atoms with Crippen molar-refractivity contribution >= 4 is 17.2 Å². The minimum Gasteiger partial charge on any atom is -0.393 e. The standard InChI is InChI=1S/C12H15NS/c13-12(14)8-10-6-3-5-9-4-1-2-7-11(9)10/h1-2,4,7,10H,3,5-6,8H2,(H2,13,14). The van der Waals surface area contributed by atoms with Gasteiger partial charge in [-0.1, -0.05) is 36.5 Å². The zero-order valence-electron chi connectivity index (χ0n) is 8.20. The van der Waals surface area contributed by atoms with Crippen LogP contribution < -0.4 is 5.73 Å². The number of hydrogen-bond acceptors (Lipinski definition) is 1. The largest absolute Gasteiger partial charge is 0.393 e. The Morgan fingerprint density at radius 1 is 1.43 bits per heavy atom. The smallest absolute Gasteiger partial charge is 0.0733 e. The Labute approximate surface area is 90.3 Å². The van der Waals surface area contributed by atoms with Crippen molar-refractivity contribution in [2.45, 2.75) is 31.6 Å². The predicted octanol–water partition coefficient (Wildman–Crippen LogP) is 2.78. The number of aryl methyl sites for hydroxylation is 1. The van der Waals surface area contributed by atoms with Crippen molar-refractivity contribution in [2.24, 2.45) is 5.73 Å². The molecule has 2 rings (SSSR count). The molecule has 2 heteroatoms. The van der Waals surface area contributed by atoms with E-state index < -0.39 is 0 Å². The third-order valence-electron chi connectivity index (χ3n) is 2.94. The second kappa shape index (κ2) is 4.09. The van der Waals surface area contributed by atoms with Gasteiger partial charge in [0.05, 0.1) is 4.99 Å². The molecule has 1 aliphatic rings. The Morgan fingerprint density at radius 2 is 2.21 bits per heavy atom. The average molecular weight is 205 g/mol. The van der Waals surface area contributed by atoms with E-state index >= 15 is 0 Å².